The van der Waals surface area contributed by atoms with Gasteiger partial charge in [0.05, 0.1) is 5.52 Å². The first-order valence-electron chi connectivity index (χ1n) is 6.82. The van der Waals surface area contributed by atoms with Crippen LogP contribution in [0.4, 0.5) is 0 Å². The molecule has 0 bridgehead atoms. The second-order valence-electron chi connectivity index (χ2n) is 5.09. The minimum absolute atomic E-state index is 0.104. The van der Waals surface area contributed by atoms with Crippen LogP contribution in [0.15, 0.2) is 27.4 Å². The number of benzene rings is 1. The topological polar surface area (TPSA) is 87.1 Å². The Kier molecular flexibility index (Phi) is 3.56. The Balaban J connectivity index is 1.64. The number of H-pyrrole nitrogens is 1. The maximum atomic E-state index is 12.0. The number of amides is 1. The summed E-state index contributed by atoms with van der Waals surface area (Å²) in [6.45, 7) is 2.27. The third-order valence-corrected chi connectivity index (χ3v) is 3.66. The molecule has 0 unspecified atom stereocenters. The van der Waals surface area contributed by atoms with E-state index in [-0.39, 0.29) is 11.8 Å². The molecular weight excluding hydrogens is 258 g/mol. The quantitative estimate of drug-likeness (QED) is 0.771. The van der Waals surface area contributed by atoms with Crippen LogP contribution in [0.1, 0.15) is 18.4 Å². The number of piperidine rings is 1. The predicted molar refractivity (Wildman–Crippen MR) is 74.3 cm³/mol. The van der Waals surface area contributed by atoms with Crippen LogP contribution < -0.4 is 16.4 Å². The third kappa shape index (κ3) is 2.75. The second-order valence-corrected chi connectivity index (χ2v) is 5.09. The van der Waals surface area contributed by atoms with Crippen LogP contribution in [0.5, 0.6) is 0 Å². The van der Waals surface area contributed by atoms with E-state index in [2.05, 4.69) is 15.6 Å². The van der Waals surface area contributed by atoms with Crippen molar-refractivity contribution in [2.45, 2.75) is 19.4 Å². The summed E-state index contributed by atoms with van der Waals surface area (Å²) in [6.07, 6.45) is 1.78. The summed E-state index contributed by atoms with van der Waals surface area (Å²) in [6, 6.07) is 5.41. The van der Waals surface area contributed by atoms with Crippen LogP contribution in [-0.2, 0) is 11.3 Å². The number of fused-ring (bicyclic) bond motifs is 1. The van der Waals surface area contributed by atoms with Crippen LogP contribution in [0.3, 0.4) is 0 Å². The highest BCUT2D eigenvalue weighted by Crippen LogP contribution is 2.14. The monoisotopic (exact) mass is 275 g/mol. The Morgan fingerprint density at radius 1 is 1.35 bits per heavy atom. The number of carbonyl (C=O) groups excluding carboxylic acids is 1. The fraction of sp³-hybridized carbons (Fsp3) is 0.429. The van der Waals surface area contributed by atoms with Gasteiger partial charge in [0.25, 0.3) is 0 Å². The fourth-order valence-corrected chi connectivity index (χ4v) is 2.53. The molecule has 1 aliphatic rings. The van der Waals surface area contributed by atoms with Gasteiger partial charge < -0.3 is 15.1 Å². The number of hydrogen-bond acceptors (Lipinski definition) is 4. The molecule has 20 heavy (non-hydrogen) atoms. The van der Waals surface area contributed by atoms with Gasteiger partial charge in [-0.15, -0.1) is 0 Å². The maximum Gasteiger partial charge on any atom is 0.417 e. The Morgan fingerprint density at radius 2 is 2.15 bits per heavy atom. The number of nitrogens with one attached hydrogen (secondary N) is 3. The van der Waals surface area contributed by atoms with Gasteiger partial charge in [0.15, 0.2) is 5.58 Å². The van der Waals surface area contributed by atoms with Crippen LogP contribution >= 0.6 is 0 Å². The molecule has 1 fully saturated rings. The van der Waals surface area contributed by atoms with Gasteiger partial charge >= 0.3 is 5.76 Å². The molecule has 6 nitrogen and oxygen atoms in total. The molecule has 3 rings (SSSR count). The summed E-state index contributed by atoms with van der Waals surface area (Å²) in [4.78, 5) is 25.7. The SMILES string of the molecule is O=C(NCc1ccc2oc(=O)[nH]c2c1)C1CCNCC1. The van der Waals surface area contributed by atoms with Crippen molar-refractivity contribution in [2.24, 2.45) is 5.92 Å². The molecule has 2 aromatic rings. The first kappa shape index (κ1) is 12.9. The van der Waals surface area contributed by atoms with E-state index in [4.69, 9.17) is 4.42 Å². The van der Waals surface area contributed by atoms with Crippen LogP contribution in [-0.4, -0.2) is 24.0 Å². The zero-order chi connectivity index (χ0) is 13.9. The molecule has 106 valence electrons. The van der Waals surface area contributed by atoms with Crippen molar-refractivity contribution in [1.29, 1.82) is 0 Å². The zero-order valence-corrected chi connectivity index (χ0v) is 11.1. The van der Waals surface area contributed by atoms with Gasteiger partial charge in [-0.1, -0.05) is 6.07 Å². The number of hydrogen-bond donors (Lipinski definition) is 3. The van der Waals surface area contributed by atoms with Crippen LogP contribution in [0, 0.1) is 5.92 Å². The molecule has 0 aliphatic carbocycles. The van der Waals surface area contributed by atoms with E-state index >= 15 is 0 Å². The fourth-order valence-electron chi connectivity index (χ4n) is 2.53. The number of carbonyl (C=O) groups is 1. The molecular formula is C14H17N3O3. The molecule has 2 heterocycles. The average molecular weight is 275 g/mol. The van der Waals surface area contributed by atoms with Gasteiger partial charge in [-0.2, -0.15) is 0 Å². The number of oxazole rings is 1. The molecule has 0 atom stereocenters. The van der Waals surface area contributed by atoms with Gasteiger partial charge in [0.1, 0.15) is 0 Å². The molecule has 0 spiro atoms. The van der Waals surface area contributed by atoms with Gasteiger partial charge in [0.2, 0.25) is 5.91 Å². The molecule has 0 saturated carbocycles. The summed E-state index contributed by atoms with van der Waals surface area (Å²) in [5, 5.41) is 6.19. The Bertz CT molecular complexity index is 668. The van der Waals surface area contributed by atoms with Crippen LogP contribution in [0.25, 0.3) is 11.1 Å². The first-order chi connectivity index (χ1) is 9.72. The minimum atomic E-state index is -0.462. The Hall–Kier alpha value is -2.08. The number of aromatic nitrogens is 1. The van der Waals surface area contributed by atoms with E-state index in [1.807, 2.05) is 12.1 Å². The first-order valence-corrected chi connectivity index (χ1v) is 6.82. The summed E-state index contributed by atoms with van der Waals surface area (Å²) >= 11 is 0. The highest BCUT2D eigenvalue weighted by Gasteiger charge is 2.20. The number of aromatic amines is 1. The zero-order valence-electron chi connectivity index (χ0n) is 11.1. The molecule has 6 heteroatoms. The lowest BCUT2D eigenvalue weighted by Crippen LogP contribution is -2.37. The molecule has 1 aliphatic heterocycles. The van der Waals surface area contributed by atoms with Gasteiger partial charge in [-0.25, -0.2) is 4.79 Å². The van der Waals surface area contributed by atoms with E-state index in [0.29, 0.717) is 17.6 Å². The summed E-state index contributed by atoms with van der Waals surface area (Å²) < 4.78 is 4.94. The summed E-state index contributed by atoms with van der Waals surface area (Å²) in [5.74, 6) is -0.253. The summed E-state index contributed by atoms with van der Waals surface area (Å²) in [7, 11) is 0. The van der Waals surface area contributed by atoms with E-state index in [1.54, 1.807) is 6.07 Å². The van der Waals surface area contributed by atoms with Crippen molar-refractivity contribution in [3.05, 3.63) is 34.3 Å². The largest absolute Gasteiger partial charge is 0.417 e. The van der Waals surface area contributed by atoms with Crippen molar-refractivity contribution in [3.63, 3.8) is 0 Å². The normalized spacial score (nSPS) is 16.4. The van der Waals surface area contributed by atoms with E-state index in [1.165, 1.54) is 0 Å². The Morgan fingerprint density at radius 3 is 2.95 bits per heavy atom. The van der Waals surface area contributed by atoms with Gasteiger partial charge in [-0.05, 0) is 43.6 Å². The smallest absolute Gasteiger partial charge is 0.408 e. The van der Waals surface area contributed by atoms with Crippen molar-refractivity contribution in [1.82, 2.24) is 15.6 Å². The average Bonchev–Trinajstić information content (AvgIpc) is 2.85. The Labute approximate surface area is 115 Å². The molecule has 0 radical (unpaired) electrons. The molecule has 3 N–H and O–H groups in total. The third-order valence-electron chi connectivity index (χ3n) is 3.66. The highest BCUT2D eigenvalue weighted by molar-refractivity contribution is 5.79. The van der Waals surface area contributed by atoms with E-state index in [9.17, 15) is 9.59 Å². The van der Waals surface area contributed by atoms with Crippen molar-refractivity contribution in [2.75, 3.05) is 13.1 Å². The van der Waals surface area contributed by atoms with Crippen molar-refractivity contribution in [3.8, 4) is 0 Å². The van der Waals surface area contributed by atoms with Gasteiger partial charge in [-0.3, -0.25) is 9.78 Å². The van der Waals surface area contributed by atoms with E-state index in [0.717, 1.165) is 31.5 Å². The second kappa shape index (κ2) is 5.50. The summed E-state index contributed by atoms with van der Waals surface area (Å²) in [5.41, 5.74) is 2.13. The predicted octanol–water partition coefficient (Wildman–Crippen LogP) is 0.737. The van der Waals surface area contributed by atoms with Gasteiger partial charge in [0, 0.05) is 12.5 Å². The van der Waals surface area contributed by atoms with E-state index < -0.39 is 5.76 Å². The van der Waals surface area contributed by atoms with Crippen molar-refractivity contribution >= 4 is 17.0 Å². The highest BCUT2D eigenvalue weighted by atomic mass is 16.4. The standard InChI is InChI=1S/C14H17N3O3/c18-13(10-3-5-15-6-4-10)16-8-9-1-2-12-11(7-9)17-14(19)20-12/h1-2,7,10,15H,3-6,8H2,(H,16,18)(H,17,19). The molecule has 1 aromatic carbocycles. The van der Waals surface area contributed by atoms with Crippen molar-refractivity contribution < 1.29 is 9.21 Å². The number of rotatable bonds is 3. The van der Waals surface area contributed by atoms with Crippen LogP contribution in [0.2, 0.25) is 0 Å². The maximum absolute atomic E-state index is 12.0. The minimum Gasteiger partial charge on any atom is -0.408 e. The lowest BCUT2D eigenvalue weighted by Gasteiger charge is -2.21. The molecule has 1 saturated heterocycles. The lowest BCUT2D eigenvalue weighted by atomic mass is 9.97. The lowest BCUT2D eigenvalue weighted by molar-refractivity contribution is -0.125. The molecule has 1 aromatic heterocycles. The molecule has 1 amide bonds.